The maximum absolute atomic E-state index is 12.8. The van der Waals surface area contributed by atoms with Crippen molar-refractivity contribution in [1.82, 2.24) is 14.7 Å². The summed E-state index contributed by atoms with van der Waals surface area (Å²) in [6.07, 6.45) is 4.85. The standard InChI is InChI=1S/C19H24N4O2/c1-13(12-24)22-10-14-5-4-6-17(16(14)11-22)21-19(25)15-9-20-23-8-3-2-7-18(15)23/h4-6,9,13,24H,2-3,7-8,10-12H2,1H3,(H,21,25)/t13-/m1/s1. The second-order valence-electron chi connectivity index (χ2n) is 7.02. The zero-order chi connectivity index (χ0) is 17.4. The largest absolute Gasteiger partial charge is 0.395 e. The number of aliphatic hydroxyl groups is 1. The van der Waals surface area contributed by atoms with Crippen molar-refractivity contribution in [2.24, 2.45) is 0 Å². The van der Waals surface area contributed by atoms with Gasteiger partial charge in [0.2, 0.25) is 0 Å². The maximum atomic E-state index is 12.8. The SMILES string of the molecule is C[C@H](CO)N1Cc2cccc(NC(=O)c3cnn4c3CCCC4)c2C1. The van der Waals surface area contributed by atoms with Crippen molar-refractivity contribution in [1.29, 1.82) is 0 Å². The van der Waals surface area contributed by atoms with Crippen LogP contribution in [0.15, 0.2) is 24.4 Å². The molecule has 0 bridgehead atoms. The Morgan fingerprint density at radius 1 is 1.36 bits per heavy atom. The molecule has 2 aliphatic heterocycles. The average Bonchev–Trinajstić information content (AvgIpc) is 3.25. The molecule has 1 amide bonds. The van der Waals surface area contributed by atoms with Gasteiger partial charge in [0.25, 0.3) is 5.91 Å². The molecule has 0 radical (unpaired) electrons. The van der Waals surface area contributed by atoms with Crippen LogP contribution in [0.25, 0.3) is 0 Å². The van der Waals surface area contributed by atoms with Gasteiger partial charge in [0.1, 0.15) is 0 Å². The predicted octanol–water partition coefficient (Wildman–Crippen LogP) is 2.17. The van der Waals surface area contributed by atoms with Gasteiger partial charge in [0, 0.05) is 31.4 Å². The Bertz CT molecular complexity index is 799. The smallest absolute Gasteiger partial charge is 0.259 e. The Labute approximate surface area is 147 Å². The second-order valence-corrected chi connectivity index (χ2v) is 7.02. The fraction of sp³-hybridized carbons (Fsp3) is 0.474. The van der Waals surface area contributed by atoms with E-state index in [0.717, 1.165) is 55.8 Å². The van der Waals surface area contributed by atoms with Gasteiger partial charge in [0.15, 0.2) is 0 Å². The van der Waals surface area contributed by atoms with Gasteiger partial charge in [0.05, 0.1) is 24.1 Å². The predicted molar refractivity (Wildman–Crippen MR) is 95.4 cm³/mol. The molecule has 0 saturated carbocycles. The van der Waals surface area contributed by atoms with E-state index in [0.29, 0.717) is 5.56 Å². The van der Waals surface area contributed by atoms with E-state index in [1.54, 1.807) is 6.20 Å². The molecule has 2 N–H and O–H groups in total. The molecule has 6 heteroatoms. The van der Waals surface area contributed by atoms with Gasteiger partial charge >= 0.3 is 0 Å². The van der Waals surface area contributed by atoms with Gasteiger partial charge in [-0.2, -0.15) is 5.10 Å². The minimum absolute atomic E-state index is 0.0785. The number of carbonyl (C=O) groups excluding carboxylic acids is 1. The first-order valence-electron chi connectivity index (χ1n) is 8.99. The summed E-state index contributed by atoms with van der Waals surface area (Å²) in [7, 11) is 0. The van der Waals surface area contributed by atoms with Crippen LogP contribution in [0.4, 0.5) is 5.69 Å². The molecule has 0 saturated heterocycles. The lowest BCUT2D eigenvalue weighted by molar-refractivity contribution is 0.102. The van der Waals surface area contributed by atoms with Crippen molar-refractivity contribution >= 4 is 11.6 Å². The molecule has 0 spiro atoms. The van der Waals surface area contributed by atoms with Gasteiger partial charge in [-0.15, -0.1) is 0 Å². The molecule has 0 unspecified atom stereocenters. The number of rotatable bonds is 4. The highest BCUT2D eigenvalue weighted by atomic mass is 16.3. The molecular weight excluding hydrogens is 316 g/mol. The number of hydrogen-bond donors (Lipinski definition) is 2. The highest BCUT2D eigenvalue weighted by molar-refractivity contribution is 6.05. The zero-order valence-corrected chi connectivity index (χ0v) is 14.5. The number of fused-ring (bicyclic) bond motifs is 2. The topological polar surface area (TPSA) is 70.4 Å². The summed E-state index contributed by atoms with van der Waals surface area (Å²) >= 11 is 0. The third-order valence-corrected chi connectivity index (χ3v) is 5.37. The van der Waals surface area contributed by atoms with Crippen molar-refractivity contribution in [2.45, 2.75) is 51.9 Å². The monoisotopic (exact) mass is 340 g/mol. The van der Waals surface area contributed by atoms with Crippen LogP contribution in [0.1, 0.15) is 46.9 Å². The molecule has 1 aromatic carbocycles. The van der Waals surface area contributed by atoms with Crippen LogP contribution in [0.2, 0.25) is 0 Å². The first kappa shape index (κ1) is 16.3. The number of nitrogens with zero attached hydrogens (tertiary/aromatic N) is 3. The molecule has 0 aliphatic carbocycles. The quantitative estimate of drug-likeness (QED) is 0.895. The second kappa shape index (κ2) is 6.61. The fourth-order valence-corrected chi connectivity index (χ4v) is 3.79. The van der Waals surface area contributed by atoms with Crippen molar-refractivity contribution in [3.05, 3.63) is 46.8 Å². The van der Waals surface area contributed by atoms with E-state index in [9.17, 15) is 9.90 Å². The van der Waals surface area contributed by atoms with E-state index in [1.165, 1.54) is 5.56 Å². The number of aryl methyl sites for hydroxylation is 1. The molecule has 6 nitrogen and oxygen atoms in total. The van der Waals surface area contributed by atoms with Crippen LogP contribution in [-0.4, -0.2) is 38.3 Å². The van der Waals surface area contributed by atoms with Crippen LogP contribution < -0.4 is 5.32 Å². The van der Waals surface area contributed by atoms with Crippen LogP contribution >= 0.6 is 0 Å². The van der Waals surface area contributed by atoms with Crippen molar-refractivity contribution in [3.63, 3.8) is 0 Å². The number of carbonyl (C=O) groups is 1. The highest BCUT2D eigenvalue weighted by Gasteiger charge is 2.26. The molecule has 2 aliphatic rings. The first-order valence-corrected chi connectivity index (χ1v) is 8.99. The number of anilines is 1. The van der Waals surface area contributed by atoms with E-state index in [1.807, 2.05) is 23.7 Å². The molecule has 1 aromatic heterocycles. The lowest BCUT2D eigenvalue weighted by Crippen LogP contribution is -2.30. The number of hydrogen-bond acceptors (Lipinski definition) is 4. The number of nitrogens with one attached hydrogen (secondary N) is 1. The van der Waals surface area contributed by atoms with Crippen molar-refractivity contribution < 1.29 is 9.90 Å². The van der Waals surface area contributed by atoms with Gasteiger partial charge < -0.3 is 10.4 Å². The Morgan fingerprint density at radius 3 is 3.08 bits per heavy atom. The fourth-order valence-electron chi connectivity index (χ4n) is 3.79. The molecule has 132 valence electrons. The third kappa shape index (κ3) is 2.96. The van der Waals surface area contributed by atoms with Crippen molar-refractivity contribution in [3.8, 4) is 0 Å². The molecule has 1 atom stereocenters. The molecule has 25 heavy (non-hydrogen) atoms. The number of aliphatic hydroxyl groups excluding tert-OH is 1. The van der Waals surface area contributed by atoms with Crippen LogP contribution in [0.3, 0.4) is 0 Å². The molecule has 0 fully saturated rings. The molecular formula is C19H24N4O2. The lowest BCUT2D eigenvalue weighted by Gasteiger charge is -2.21. The minimum Gasteiger partial charge on any atom is -0.395 e. The maximum Gasteiger partial charge on any atom is 0.259 e. The Hall–Kier alpha value is -2.18. The Kier molecular flexibility index (Phi) is 4.31. The summed E-state index contributed by atoms with van der Waals surface area (Å²) in [4.78, 5) is 15.0. The van der Waals surface area contributed by atoms with E-state index in [2.05, 4.69) is 21.4 Å². The minimum atomic E-state index is -0.0785. The zero-order valence-electron chi connectivity index (χ0n) is 14.5. The van der Waals surface area contributed by atoms with Gasteiger partial charge in [-0.1, -0.05) is 12.1 Å². The molecule has 2 aromatic rings. The third-order valence-electron chi connectivity index (χ3n) is 5.37. The highest BCUT2D eigenvalue weighted by Crippen LogP contribution is 2.31. The van der Waals surface area contributed by atoms with Gasteiger partial charge in [-0.05, 0) is 43.4 Å². The summed E-state index contributed by atoms with van der Waals surface area (Å²) in [5.74, 6) is -0.0785. The Morgan fingerprint density at radius 2 is 2.24 bits per heavy atom. The number of aromatic nitrogens is 2. The van der Waals surface area contributed by atoms with Gasteiger partial charge in [-0.25, -0.2) is 0 Å². The summed E-state index contributed by atoms with van der Waals surface area (Å²) in [5.41, 5.74) is 4.97. The average molecular weight is 340 g/mol. The van der Waals surface area contributed by atoms with Crippen molar-refractivity contribution in [2.75, 3.05) is 11.9 Å². The van der Waals surface area contributed by atoms with Crippen LogP contribution in [0.5, 0.6) is 0 Å². The molecule has 4 rings (SSSR count). The normalized spacial score (nSPS) is 17.8. The van der Waals surface area contributed by atoms with Gasteiger partial charge in [-0.3, -0.25) is 14.4 Å². The number of amides is 1. The van der Waals surface area contributed by atoms with E-state index < -0.39 is 0 Å². The van der Waals surface area contributed by atoms with Crippen LogP contribution in [-0.2, 0) is 26.1 Å². The van der Waals surface area contributed by atoms with Crippen LogP contribution in [0, 0.1) is 0 Å². The van der Waals surface area contributed by atoms with E-state index >= 15 is 0 Å². The molecule has 3 heterocycles. The summed E-state index contributed by atoms with van der Waals surface area (Å²) in [5, 5.41) is 16.9. The van der Waals surface area contributed by atoms with E-state index in [-0.39, 0.29) is 18.6 Å². The summed E-state index contributed by atoms with van der Waals surface area (Å²) in [6.45, 7) is 4.61. The summed E-state index contributed by atoms with van der Waals surface area (Å²) in [6, 6.07) is 6.14. The Balaban J connectivity index is 1.56. The van der Waals surface area contributed by atoms with E-state index in [4.69, 9.17) is 0 Å². The number of benzene rings is 1. The lowest BCUT2D eigenvalue weighted by atomic mass is 10.1. The summed E-state index contributed by atoms with van der Waals surface area (Å²) < 4.78 is 1.96. The first-order chi connectivity index (χ1) is 12.2.